The lowest BCUT2D eigenvalue weighted by Crippen LogP contribution is -2.09. The predicted molar refractivity (Wildman–Crippen MR) is 80.0 cm³/mol. The number of esters is 1. The molecule has 0 atom stereocenters. The third-order valence-corrected chi connectivity index (χ3v) is 3.45. The number of nitrogen functional groups attached to an aromatic ring is 1. The van der Waals surface area contributed by atoms with Crippen molar-refractivity contribution in [1.82, 2.24) is 14.8 Å². The second kappa shape index (κ2) is 5.82. The number of pyridine rings is 1. The molecule has 2 rings (SSSR count). The van der Waals surface area contributed by atoms with Crippen LogP contribution in [0.3, 0.4) is 0 Å². The predicted octanol–water partition coefficient (Wildman–Crippen LogP) is 1.41. The van der Waals surface area contributed by atoms with Crippen molar-refractivity contribution in [3.8, 4) is 0 Å². The highest BCUT2D eigenvalue weighted by molar-refractivity contribution is 5.95. The minimum absolute atomic E-state index is 0.293. The van der Waals surface area contributed by atoms with Gasteiger partial charge in [0.25, 0.3) is 0 Å². The molecule has 0 unspecified atom stereocenters. The van der Waals surface area contributed by atoms with Gasteiger partial charge in [-0.2, -0.15) is 5.10 Å². The second-order valence-electron chi connectivity index (χ2n) is 4.77. The minimum atomic E-state index is -0.480. The zero-order chi connectivity index (χ0) is 15.6. The Kier molecular flexibility index (Phi) is 4.11. The molecule has 0 aliphatic heterocycles. The van der Waals surface area contributed by atoms with E-state index in [2.05, 4.69) is 20.1 Å². The van der Waals surface area contributed by atoms with E-state index >= 15 is 0 Å². The number of hydrogen-bond acceptors (Lipinski definition) is 6. The van der Waals surface area contributed by atoms with Gasteiger partial charge in [0.1, 0.15) is 5.82 Å². The minimum Gasteiger partial charge on any atom is -0.465 e. The van der Waals surface area contributed by atoms with E-state index in [0.717, 1.165) is 17.0 Å². The van der Waals surface area contributed by atoms with Crippen LogP contribution in [0.2, 0.25) is 0 Å². The zero-order valence-corrected chi connectivity index (χ0v) is 12.6. The van der Waals surface area contributed by atoms with Gasteiger partial charge in [-0.25, -0.2) is 9.78 Å². The Hall–Kier alpha value is -2.57. The molecule has 0 radical (unpaired) electrons. The zero-order valence-electron chi connectivity index (χ0n) is 12.6. The Balaban J connectivity index is 2.19. The quantitative estimate of drug-likeness (QED) is 0.826. The van der Waals surface area contributed by atoms with E-state index in [1.807, 2.05) is 25.6 Å². The molecule has 2 heterocycles. The van der Waals surface area contributed by atoms with Crippen molar-refractivity contribution in [1.29, 1.82) is 0 Å². The number of aryl methyl sites for hydroxylation is 2. The van der Waals surface area contributed by atoms with Crippen LogP contribution in [0.15, 0.2) is 12.3 Å². The largest absolute Gasteiger partial charge is 0.465 e. The lowest BCUT2D eigenvalue weighted by molar-refractivity contribution is 0.0602. The third kappa shape index (κ3) is 2.96. The van der Waals surface area contributed by atoms with Crippen LogP contribution < -0.4 is 11.1 Å². The van der Waals surface area contributed by atoms with E-state index < -0.39 is 5.97 Å². The highest BCUT2D eigenvalue weighted by Crippen LogP contribution is 2.18. The van der Waals surface area contributed by atoms with E-state index in [-0.39, 0.29) is 0 Å². The van der Waals surface area contributed by atoms with E-state index in [4.69, 9.17) is 5.73 Å². The Bertz CT molecular complexity index is 678. The topological polar surface area (TPSA) is 95.1 Å². The van der Waals surface area contributed by atoms with Gasteiger partial charge in [0.2, 0.25) is 0 Å². The van der Waals surface area contributed by atoms with Gasteiger partial charge < -0.3 is 15.8 Å². The summed E-state index contributed by atoms with van der Waals surface area (Å²) in [6, 6.07) is 1.59. The average molecular weight is 289 g/mol. The summed E-state index contributed by atoms with van der Waals surface area (Å²) in [5, 5.41) is 7.53. The smallest absolute Gasteiger partial charge is 0.340 e. The molecule has 21 heavy (non-hydrogen) atoms. The Morgan fingerprint density at radius 3 is 2.76 bits per heavy atom. The number of anilines is 2. The number of nitrogens with zero attached hydrogens (tertiary/aromatic N) is 3. The fourth-order valence-corrected chi connectivity index (χ4v) is 2.10. The van der Waals surface area contributed by atoms with Crippen molar-refractivity contribution in [2.75, 3.05) is 18.2 Å². The van der Waals surface area contributed by atoms with Crippen LogP contribution in [0.4, 0.5) is 11.5 Å². The molecule has 3 N–H and O–H groups in total. The number of aromatic nitrogens is 3. The molecular weight excluding hydrogens is 270 g/mol. The molecule has 7 nitrogen and oxygen atoms in total. The van der Waals surface area contributed by atoms with Crippen LogP contribution in [0.25, 0.3) is 0 Å². The van der Waals surface area contributed by atoms with Crippen LogP contribution in [-0.2, 0) is 18.3 Å². The highest BCUT2D eigenvalue weighted by atomic mass is 16.5. The van der Waals surface area contributed by atoms with Crippen LogP contribution >= 0.6 is 0 Å². The molecule has 112 valence electrons. The Morgan fingerprint density at radius 2 is 2.19 bits per heavy atom. The van der Waals surface area contributed by atoms with Gasteiger partial charge in [0.15, 0.2) is 0 Å². The normalized spacial score (nSPS) is 10.5. The average Bonchev–Trinajstić information content (AvgIpc) is 2.71. The molecule has 0 spiro atoms. The highest BCUT2D eigenvalue weighted by Gasteiger charge is 2.13. The number of carbonyl (C=O) groups excluding carboxylic acids is 1. The van der Waals surface area contributed by atoms with Crippen molar-refractivity contribution in [3.05, 3.63) is 34.8 Å². The summed E-state index contributed by atoms with van der Waals surface area (Å²) in [6.45, 7) is 4.54. The first-order chi connectivity index (χ1) is 9.93. The van der Waals surface area contributed by atoms with Crippen molar-refractivity contribution in [2.45, 2.75) is 20.4 Å². The van der Waals surface area contributed by atoms with E-state index in [0.29, 0.717) is 23.6 Å². The molecule has 0 amide bonds. The van der Waals surface area contributed by atoms with Crippen LogP contribution in [-0.4, -0.2) is 27.8 Å². The second-order valence-corrected chi connectivity index (χ2v) is 4.77. The summed E-state index contributed by atoms with van der Waals surface area (Å²) in [5.41, 5.74) is 9.47. The number of nitrogens with two attached hydrogens (primary N) is 1. The van der Waals surface area contributed by atoms with E-state index in [1.54, 1.807) is 6.07 Å². The maximum atomic E-state index is 11.6. The lowest BCUT2D eigenvalue weighted by atomic mass is 10.2. The third-order valence-electron chi connectivity index (χ3n) is 3.45. The Morgan fingerprint density at radius 1 is 1.48 bits per heavy atom. The molecule has 0 aliphatic carbocycles. The monoisotopic (exact) mass is 289 g/mol. The van der Waals surface area contributed by atoms with Crippen molar-refractivity contribution in [3.63, 3.8) is 0 Å². The molecule has 0 saturated carbocycles. The fourth-order valence-electron chi connectivity index (χ4n) is 2.10. The summed E-state index contributed by atoms with van der Waals surface area (Å²) in [7, 11) is 3.22. The number of hydrogen-bond donors (Lipinski definition) is 2. The molecule has 0 aliphatic rings. The van der Waals surface area contributed by atoms with Crippen molar-refractivity contribution >= 4 is 17.5 Å². The number of rotatable bonds is 4. The van der Waals surface area contributed by atoms with Crippen molar-refractivity contribution in [2.24, 2.45) is 7.05 Å². The van der Waals surface area contributed by atoms with Crippen LogP contribution in [0, 0.1) is 13.8 Å². The summed E-state index contributed by atoms with van der Waals surface area (Å²) < 4.78 is 6.52. The standard InChI is InChI=1S/C14H19N5O2/c1-8-11(9(2)19(3)18-8)6-16-13-5-10(14(20)21-4)12(15)7-17-13/h5,7H,6,15H2,1-4H3,(H,16,17). The van der Waals surface area contributed by atoms with Gasteiger partial charge >= 0.3 is 5.97 Å². The van der Waals surface area contributed by atoms with Gasteiger partial charge in [0.05, 0.1) is 30.3 Å². The van der Waals surface area contributed by atoms with Gasteiger partial charge in [-0.1, -0.05) is 0 Å². The van der Waals surface area contributed by atoms with E-state index in [9.17, 15) is 4.79 Å². The van der Waals surface area contributed by atoms with Crippen molar-refractivity contribution < 1.29 is 9.53 Å². The summed E-state index contributed by atoms with van der Waals surface area (Å²) >= 11 is 0. The number of ether oxygens (including phenoxy) is 1. The van der Waals surface area contributed by atoms with Gasteiger partial charge in [-0.15, -0.1) is 0 Å². The van der Waals surface area contributed by atoms with Crippen LogP contribution in [0.5, 0.6) is 0 Å². The first kappa shape index (κ1) is 14.8. The molecule has 2 aromatic rings. The molecule has 7 heteroatoms. The maximum Gasteiger partial charge on any atom is 0.340 e. The number of carbonyl (C=O) groups is 1. The van der Waals surface area contributed by atoms with Gasteiger partial charge in [0, 0.05) is 24.8 Å². The summed E-state index contributed by atoms with van der Waals surface area (Å²) in [6.07, 6.45) is 1.44. The fraction of sp³-hybridized carbons (Fsp3) is 0.357. The maximum absolute atomic E-state index is 11.6. The molecule has 0 fully saturated rings. The number of methoxy groups -OCH3 is 1. The first-order valence-electron chi connectivity index (χ1n) is 6.50. The molecule has 0 aromatic carbocycles. The summed E-state index contributed by atoms with van der Waals surface area (Å²) in [5.74, 6) is 0.0824. The van der Waals surface area contributed by atoms with Gasteiger partial charge in [-0.3, -0.25) is 4.68 Å². The Labute approximate surface area is 123 Å². The lowest BCUT2D eigenvalue weighted by Gasteiger charge is -2.09. The number of nitrogens with one attached hydrogen (secondary N) is 1. The molecule has 0 bridgehead atoms. The van der Waals surface area contributed by atoms with Crippen LogP contribution in [0.1, 0.15) is 27.3 Å². The summed E-state index contributed by atoms with van der Waals surface area (Å²) in [4.78, 5) is 15.8. The van der Waals surface area contributed by atoms with E-state index in [1.165, 1.54) is 13.3 Å². The SMILES string of the molecule is COC(=O)c1cc(NCc2c(C)nn(C)c2C)ncc1N. The molecule has 0 saturated heterocycles. The molecular formula is C14H19N5O2. The molecule has 2 aromatic heterocycles. The first-order valence-corrected chi connectivity index (χ1v) is 6.50. The van der Waals surface area contributed by atoms with Gasteiger partial charge in [-0.05, 0) is 19.9 Å².